The van der Waals surface area contributed by atoms with E-state index in [-0.39, 0.29) is 18.1 Å². The molecule has 2 aromatic heterocycles. The molecular weight excluding hydrogens is 334 g/mol. The molecule has 2 heterocycles. The molecule has 0 spiro atoms. The number of sulfone groups is 1. The molecule has 0 amide bonds. The quantitative estimate of drug-likeness (QED) is 0.740. The van der Waals surface area contributed by atoms with Crippen LogP contribution < -0.4 is 0 Å². The van der Waals surface area contributed by atoms with Gasteiger partial charge >= 0.3 is 0 Å². The van der Waals surface area contributed by atoms with Crippen LogP contribution in [0, 0.1) is 0 Å². The van der Waals surface area contributed by atoms with Crippen LogP contribution in [0.25, 0.3) is 10.6 Å². The summed E-state index contributed by atoms with van der Waals surface area (Å²) in [5, 5.41) is 14.8. The lowest BCUT2D eigenvalue weighted by atomic mass is 10.2. The van der Waals surface area contributed by atoms with Crippen LogP contribution in [0.4, 0.5) is 0 Å². The van der Waals surface area contributed by atoms with E-state index in [0.717, 1.165) is 10.4 Å². The molecule has 1 aromatic carbocycles. The molecule has 0 aliphatic carbocycles. The zero-order valence-corrected chi connectivity index (χ0v) is 13.8. The summed E-state index contributed by atoms with van der Waals surface area (Å²) >= 11 is 1.51. The molecule has 0 radical (unpaired) electrons. The molecule has 3 aromatic rings. The number of aliphatic hydroxyl groups excluding tert-OH is 1. The Kier molecular flexibility index (Phi) is 4.61. The molecule has 0 aliphatic heterocycles. The highest BCUT2D eigenvalue weighted by Gasteiger charge is 2.17. The zero-order valence-electron chi connectivity index (χ0n) is 12.2. The van der Waals surface area contributed by atoms with Crippen LogP contribution in [0.5, 0.6) is 0 Å². The Bertz CT molecular complexity index is 865. The van der Waals surface area contributed by atoms with Gasteiger partial charge in [-0.15, -0.1) is 11.3 Å². The van der Waals surface area contributed by atoms with Crippen LogP contribution in [0.3, 0.4) is 0 Å². The van der Waals surface area contributed by atoms with Crippen molar-refractivity contribution in [2.45, 2.75) is 18.1 Å². The molecule has 1 N–H and O–H groups in total. The lowest BCUT2D eigenvalue weighted by Crippen LogP contribution is -2.08. The molecule has 0 bridgehead atoms. The molecule has 5 nitrogen and oxygen atoms in total. The molecule has 7 heteroatoms. The lowest BCUT2D eigenvalue weighted by molar-refractivity contribution is 0.282. The third-order valence-corrected chi connectivity index (χ3v) is 5.68. The molecule has 0 unspecified atom stereocenters. The van der Waals surface area contributed by atoms with E-state index in [1.54, 1.807) is 30.3 Å². The standard InChI is InChI=1S/C16H15NO4S2/c18-9-12-3-5-13(6-4-12)10-23(19,20)11-14-8-15(21-17-14)16-2-1-7-22-16/h1-8,18H,9-11H2. The number of hydrogen-bond donors (Lipinski definition) is 1. The van der Waals surface area contributed by atoms with Crippen molar-refractivity contribution < 1.29 is 18.0 Å². The first-order valence-electron chi connectivity index (χ1n) is 6.94. The molecule has 0 saturated carbocycles. The Morgan fingerprint density at radius 2 is 1.83 bits per heavy atom. The summed E-state index contributed by atoms with van der Waals surface area (Å²) in [5.41, 5.74) is 1.84. The maximum atomic E-state index is 12.3. The van der Waals surface area contributed by atoms with Crippen molar-refractivity contribution in [3.05, 3.63) is 64.7 Å². The summed E-state index contributed by atoms with van der Waals surface area (Å²) in [6.07, 6.45) is 0. The summed E-state index contributed by atoms with van der Waals surface area (Å²) in [5.74, 6) is 0.348. The Morgan fingerprint density at radius 1 is 1.09 bits per heavy atom. The first-order valence-corrected chi connectivity index (χ1v) is 9.64. The molecular formula is C16H15NO4S2. The van der Waals surface area contributed by atoms with Crippen molar-refractivity contribution in [2.75, 3.05) is 0 Å². The van der Waals surface area contributed by atoms with Crippen LogP contribution >= 0.6 is 11.3 Å². The summed E-state index contributed by atoms with van der Waals surface area (Å²) in [6.45, 7) is -0.0581. The summed E-state index contributed by atoms with van der Waals surface area (Å²) < 4.78 is 29.8. The van der Waals surface area contributed by atoms with Crippen molar-refractivity contribution in [1.29, 1.82) is 0 Å². The van der Waals surface area contributed by atoms with Crippen LogP contribution in [-0.4, -0.2) is 18.7 Å². The van der Waals surface area contributed by atoms with Crippen LogP contribution in [0.1, 0.15) is 16.8 Å². The van der Waals surface area contributed by atoms with Crippen molar-refractivity contribution >= 4 is 21.2 Å². The number of benzene rings is 1. The monoisotopic (exact) mass is 349 g/mol. The van der Waals surface area contributed by atoms with Gasteiger partial charge < -0.3 is 9.63 Å². The van der Waals surface area contributed by atoms with Crippen LogP contribution in [-0.2, 0) is 27.9 Å². The fourth-order valence-corrected chi connectivity index (χ4v) is 4.25. The van der Waals surface area contributed by atoms with Gasteiger partial charge in [0.15, 0.2) is 15.6 Å². The predicted octanol–water partition coefficient (Wildman–Crippen LogP) is 3.01. The smallest absolute Gasteiger partial charge is 0.177 e. The molecule has 120 valence electrons. The lowest BCUT2D eigenvalue weighted by Gasteiger charge is -2.03. The molecule has 23 heavy (non-hydrogen) atoms. The number of nitrogens with zero attached hydrogens (tertiary/aromatic N) is 1. The van der Waals surface area contributed by atoms with Crippen molar-refractivity contribution in [3.8, 4) is 10.6 Å². The van der Waals surface area contributed by atoms with Crippen molar-refractivity contribution in [1.82, 2.24) is 5.16 Å². The SMILES string of the molecule is O=S(=O)(Cc1ccc(CO)cc1)Cc1cc(-c2cccs2)on1. The Labute approximate surface area is 138 Å². The minimum atomic E-state index is -3.34. The minimum absolute atomic E-state index is 0.0581. The Morgan fingerprint density at radius 3 is 2.48 bits per heavy atom. The molecule has 0 fully saturated rings. The fourth-order valence-electron chi connectivity index (χ4n) is 2.19. The van der Waals surface area contributed by atoms with Crippen LogP contribution in [0.15, 0.2) is 52.4 Å². The Balaban J connectivity index is 1.70. The first-order chi connectivity index (χ1) is 11.1. The van der Waals surface area contributed by atoms with Gasteiger partial charge in [0.25, 0.3) is 0 Å². The third-order valence-electron chi connectivity index (χ3n) is 3.28. The van der Waals surface area contributed by atoms with E-state index in [9.17, 15) is 8.42 Å². The average molecular weight is 349 g/mol. The largest absolute Gasteiger partial charge is 0.392 e. The predicted molar refractivity (Wildman–Crippen MR) is 88.5 cm³/mol. The summed E-state index contributed by atoms with van der Waals surface area (Å²) in [6, 6.07) is 12.3. The van der Waals surface area contributed by atoms with Gasteiger partial charge in [0.2, 0.25) is 0 Å². The zero-order chi connectivity index (χ0) is 16.3. The second kappa shape index (κ2) is 6.66. The van der Waals surface area contributed by atoms with E-state index in [1.165, 1.54) is 11.3 Å². The number of thiophene rings is 1. The molecule has 0 atom stereocenters. The van der Waals surface area contributed by atoms with Gasteiger partial charge in [-0.3, -0.25) is 0 Å². The molecule has 0 aliphatic rings. The van der Waals surface area contributed by atoms with E-state index >= 15 is 0 Å². The summed E-state index contributed by atoms with van der Waals surface area (Å²) in [7, 11) is -3.34. The highest BCUT2D eigenvalue weighted by atomic mass is 32.2. The highest BCUT2D eigenvalue weighted by Crippen LogP contribution is 2.26. The minimum Gasteiger partial charge on any atom is -0.392 e. The van der Waals surface area contributed by atoms with Gasteiger partial charge in [0, 0.05) is 6.07 Å². The van der Waals surface area contributed by atoms with Gasteiger partial charge in [0.1, 0.15) is 0 Å². The second-order valence-corrected chi connectivity index (χ2v) is 8.18. The number of rotatable bonds is 6. The maximum Gasteiger partial charge on any atom is 0.177 e. The number of hydrogen-bond acceptors (Lipinski definition) is 6. The topological polar surface area (TPSA) is 80.4 Å². The van der Waals surface area contributed by atoms with Gasteiger partial charge in [0.05, 0.1) is 28.7 Å². The van der Waals surface area contributed by atoms with E-state index < -0.39 is 9.84 Å². The van der Waals surface area contributed by atoms with E-state index in [1.807, 2.05) is 17.5 Å². The molecule has 0 saturated heterocycles. The molecule has 3 rings (SSSR count). The highest BCUT2D eigenvalue weighted by molar-refractivity contribution is 7.89. The van der Waals surface area contributed by atoms with Crippen molar-refractivity contribution in [3.63, 3.8) is 0 Å². The van der Waals surface area contributed by atoms with E-state index in [2.05, 4.69) is 5.16 Å². The average Bonchev–Trinajstić information content (AvgIpc) is 3.18. The number of aliphatic hydroxyl groups is 1. The van der Waals surface area contributed by atoms with E-state index in [4.69, 9.17) is 9.63 Å². The van der Waals surface area contributed by atoms with Gasteiger partial charge in [-0.1, -0.05) is 35.5 Å². The normalized spacial score (nSPS) is 11.7. The third kappa shape index (κ3) is 4.07. The fraction of sp³-hybridized carbons (Fsp3) is 0.188. The van der Waals surface area contributed by atoms with Crippen molar-refractivity contribution in [2.24, 2.45) is 0 Å². The van der Waals surface area contributed by atoms with Crippen LogP contribution in [0.2, 0.25) is 0 Å². The Hall–Kier alpha value is -1.96. The van der Waals surface area contributed by atoms with Gasteiger partial charge in [-0.25, -0.2) is 8.42 Å². The van der Waals surface area contributed by atoms with Gasteiger partial charge in [-0.2, -0.15) is 0 Å². The van der Waals surface area contributed by atoms with Gasteiger partial charge in [-0.05, 0) is 22.6 Å². The maximum absolute atomic E-state index is 12.3. The van der Waals surface area contributed by atoms with E-state index in [0.29, 0.717) is 17.0 Å². The second-order valence-electron chi connectivity index (χ2n) is 5.17. The summed E-state index contributed by atoms with van der Waals surface area (Å²) in [4.78, 5) is 0.917. The number of aromatic nitrogens is 1. The first kappa shape index (κ1) is 15.9.